The number of halogens is 1. The largest absolute Gasteiger partial charge is 0.354 e. The highest BCUT2D eigenvalue weighted by Gasteiger charge is 2.22. The molecule has 0 atom stereocenters. The molecule has 1 aromatic rings. The van der Waals surface area contributed by atoms with Crippen LogP contribution in [0.4, 0.5) is 5.69 Å². The van der Waals surface area contributed by atoms with Gasteiger partial charge in [-0.1, -0.05) is 36.9 Å². The van der Waals surface area contributed by atoms with Crippen LogP contribution in [0.5, 0.6) is 0 Å². The maximum Gasteiger partial charge on any atom is 0.240 e. The molecule has 0 radical (unpaired) electrons. The van der Waals surface area contributed by atoms with Gasteiger partial charge in [0.15, 0.2) is 0 Å². The second kappa shape index (κ2) is 10.6. The van der Waals surface area contributed by atoms with E-state index in [1.165, 1.54) is 32.1 Å². The number of carbonyl (C=O) groups excluding carboxylic acids is 1. The maximum absolute atomic E-state index is 12.3. The molecular formula is C19H29ClN2O3S2. The van der Waals surface area contributed by atoms with E-state index < -0.39 is 10.0 Å². The Morgan fingerprint density at radius 2 is 2.00 bits per heavy atom. The molecule has 5 nitrogen and oxygen atoms in total. The number of rotatable bonds is 9. The molecular weight excluding hydrogens is 404 g/mol. The molecule has 1 aliphatic rings. The lowest BCUT2D eigenvalue weighted by Crippen LogP contribution is -2.41. The zero-order valence-electron chi connectivity index (χ0n) is 16.0. The van der Waals surface area contributed by atoms with Gasteiger partial charge in [0.25, 0.3) is 0 Å². The minimum Gasteiger partial charge on any atom is -0.354 e. The Morgan fingerprint density at radius 1 is 1.30 bits per heavy atom. The molecule has 0 saturated heterocycles. The van der Waals surface area contributed by atoms with Gasteiger partial charge < -0.3 is 5.32 Å². The summed E-state index contributed by atoms with van der Waals surface area (Å²) >= 11 is 8.00. The van der Waals surface area contributed by atoms with E-state index in [-0.39, 0.29) is 12.5 Å². The van der Waals surface area contributed by atoms with Gasteiger partial charge in [0.05, 0.1) is 11.9 Å². The SMILES string of the molecule is Cc1ccc(Cl)cc1N(CC(=O)NCCCSC1CCCCC1)S(C)(=O)=O. The van der Waals surface area contributed by atoms with Crippen molar-refractivity contribution < 1.29 is 13.2 Å². The summed E-state index contributed by atoms with van der Waals surface area (Å²) in [6.45, 7) is 2.12. The van der Waals surface area contributed by atoms with Crippen LogP contribution in [-0.4, -0.2) is 44.7 Å². The quantitative estimate of drug-likeness (QED) is 0.599. The van der Waals surface area contributed by atoms with Crippen LogP contribution in [0.15, 0.2) is 18.2 Å². The predicted molar refractivity (Wildman–Crippen MR) is 115 cm³/mol. The average Bonchev–Trinajstić information content (AvgIpc) is 2.61. The second-order valence-electron chi connectivity index (χ2n) is 7.03. The first-order valence-corrected chi connectivity index (χ1v) is 12.7. The van der Waals surface area contributed by atoms with E-state index in [2.05, 4.69) is 5.32 Å². The third-order valence-electron chi connectivity index (χ3n) is 4.68. The Morgan fingerprint density at radius 3 is 2.67 bits per heavy atom. The molecule has 27 heavy (non-hydrogen) atoms. The summed E-state index contributed by atoms with van der Waals surface area (Å²) in [4.78, 5) is 12.3. The molecule has 8 heteroatoms. The van der Waals surface area contributed by atoms with Crippen LogP contribution >= 0.6 is 23.4 Å². The molecule has 1 saturated carbocycles. The molecule has 1 N–H and O–H groups in total. The molecule has 1 aliphatic carbocycles. The number of benzene rings is 1. The van der Waals surface area contributed by atoms with E-state index in [0.29, 0.717) is 17.3 Å². The summed E-state index contributed by atoms with van der Waals surface area (Å²) in [5.74, 6) is 0.719. The number of thioether (sulfide) groups is 1. The molecule has 1 fully saturated rings. The van der Waals surface area contributed by atoms with Crippen molar-refractivity contribution in [1.82, 2.24) is 5.32 Å². The van der Waals surface area contributed by atoms with Crippen molar-refractivity contribution in [3.8, 4) is 0 Å². The van der Waals surface area contributed by atoms with Crippen molar-refractivity contribution in [2.45, 2.75) is 50.7 Å². The number of aryl methyl sites for hydroxylation is 1. The van der Waals surface area contributed by atoms with Crippen molar-refractivity contribution in [1.29, 1.82) is 0 Å². The standard InChI is InChI=1S/C19H29ClN2O3S2/c1-15-9-10-16(20)13-18(15)22(27(2,24)25)14-19(23)21-11-6-12-26-17-7-4-3-5-8-17/h9-10,13,17H,3-8,11-12,14H2,1-2H3,(H,21,23). The minimum atomic E-state index is -3.59. The molecule has 152 valence electrons. The first kappa shape index (κ1) is 22.4. The van der Waals surface area contributed by atoms with Gasteiger partial charge in [-0.2, -0.15) is 11.8 Å². The summed E-state index contributed by atoms with van der Waals surface area (Å²) in [7, 11) is -3.59. The molecule has 0 spiro atoms. The number of hydrogen-bond acceptors (Lipinski definition) is 4. The number of carbonyl (C=O) groups is 1. The van der Waals surface area contributed by atoms with Crippen molar-refractivity contribution in [2.24, 2.45) is 0 Å². The Kier molecular flexibility index (Phi) is 8.76. The summed E-state index contributed by atoms with van der Waals surface area (Å²) in [6.07, 6.45) is 8.62. The van der Waals surface area contributed by atoms with E-state index in [0.717, 1.165) is 33.5 Å². The molecule has 0 heterocycles. The lowest BCUT2D eigenvalue weighted by atomic mass is 10.0. The fraction of sp³-hybridized carbons (Fsp3) is 0.632. The van der Waals surface area contributed by atoms with Crippen molar-refractivity contribution in [2.75, 3.05) is 29.4 Å². The Hall–Kier alpha value is -0.920. The van der Waals surface area contributed by atoms with Gasteiger partial charge in [0, 0.05) is 16.8 Å². The zero-order chi connectivity index (χ0) is 19.9. The fourth-order valence-corrected chi connectivity index (χ4v) is 5.58. The normalized spacial score (nSPS) is 15.5. The van der Waals surface area contributed by atoms with Crippen LogP contribution in [0.1, 0.15) is 44.1 Å². The van der Waals surface area contributed by atoms with Crippen LogP contribution in [-0.2, 0) is 14.8 Å². The molecule has 1 amide bonds. The number of nitrogens with one attached hydrogen (secondary N) is 1. The summed E-state index contributed by atoms with van der Waals surface area (Å²) in [6, 6.07) is 5.02. The highest BCUT2D eigenvalue weighted by molar-refractivity contribution is 7.99. The van der Waals surface area contributed by atoms with Crippen molar-refractivity contribution in [3.63, 3.8) is 0 Å². The van der Waals surface area contributed by atoms with Gasteiger partial charge in [-0.15, -0.1) is 0 Å². The maximum atomic E-state index is 12.3. The van der Waals surface area contributed by atoms with Gasteiger partial charge in [-0.25, -0.2) is 8.42 Å². The molecule has 0 unspecified atom stereocenters. The first-order chi connectivity index (χ1) is 12.8. The van der Waals surface area contributed by atoms with Crippen LogP contribution in [0.25, 0.3) is 0 Å². The van der Waals surface area contributed by atoms with Crippen molar-refractivity contribution in [3.05, 3.63) is 28.8 Å². The Labute approximate surface area is 172 Å². The Bertz CT molecular complexity index is 734. The van der Waals surface area contributed by atoms with Gasteiger partial charge in [0.1, 0.15) is 6.54 Å². The molecule has 0 aliphatic heterocycles. The third-order valence-corrected chi connectivity index (χ3v) is 7.51. The third kappa shape index (κ3) is 7.54. The minimum absolute atomic E-state index is 0.240. The topological polar surface area (TPSA) is 66.5 Å². The number of nitrogens with zero attached hydrogens (tertiary/aromatic N) is 1. The van der Waals surface area contributed by atoms with E-state index in [9.17, 15) is 13.2 Å². The van der Waals surface area contributed by atoms with Gasteiger partial charge in [-0.3, -0.25) is 9.10 Å². The number of amides is 1. The lowest BCUT2D eigenvalue weighted by Gasteiger charge is -2.24. The summed E-state index contributed by atoms with van der Waals surface area (Å²) < 4.78 is 25.5. The summed E-state index contributed by atoms with van der Waals surface area (Å²) in [5, 5.41) is 4.03. The molecule has 0 bridgehead atoms. The zero-order valence-corrected chi connectivity index (χ0v) is 18.4. The van der Waals surface area contributed by atoms with Crippen LogP contribution in [0.2, 0.25) is 5.02 Å². The molecule has 1 aromatic carbocycles. The van der Waals surface area contributed by atoms with E-state index >= 15 is 0 Å². The van der Waals surface area contributed by atoms with E-state index in [1.807, 2.05) is 11.8 Å². The van der Waals surface area contributed by atoms with E-state index in [4.69, 9.17) is 11.6 Å². The van der Waals surface area contributed by atoms with Crippen molar-refractivity contribution >= 4 is 45.0 Å². The van der Waals surface area contributed by atoms with Gasteiger partial charge in [-0.05, 0) is 49.6 Å². The molecule has 0 aromatic heterocycles. The van der Waals surface area contributed by atoms with Gasteiger partial charge >= 0.3 is 0 Å². The first-order valence-electron chi connectivity index (χ1n) is 9.39. The lowest BCUT2D eigenvalue weighted by molar-refractivity contribution is -0.119. The number of sulfonamides is 1. The van der Waals surface area contributed by atoms with E-state index in [1.54, 1.807) is 25.1 Å². The predicted octanol–water partition coefficient (Wildman–Crippen LogP) is 3.99. The van der Waals surface area contributed by atoms with Crippen LogP contribution < -0.4 is 9.62 Å². The fourth-order valence-electron chi connectivity index (χ4n) is 3.20. The number of hydrogen-bond donors (Lipinski definition) is 1. The molecule has 2 rings (SSSR count). The second-order valence-corrected chi connectivity index (χ2v) is 10.8. The highest BCUT2D eigenvalue weighted by Crippen LogP contribution is 2.28. The average molecular weight is 433 g/mol. The Balaban J connectivity index is 1.82. The monoisotopic (exact) mass is 432 g/mol. The highest BCUT2D eigenvalue weighted by atomic mass is 35.5. The number of anilines is 1. The van der Waals surface area contributed by atoms with Crippen LogP contribution in [0, 0.1) is 6.92 Å². The summed E-state index contributed by atoms with van der Waals surface area (Å²) in [5.41, 5.74) is 1.19. The van der Waals surface area contributed by atoms with Crippen LogP contribution in [0.3, 0.4) is 0 Å². The smallest absolute Gasteiger partial charge is 0.240 e. The van der Waals surface area contributed by atoms with Gasteiger partial charge in [0.2, 0.25) is 15.9 Å².